The first-order valence-electron chi connectivity index (χ1n) is 6.61. The van der Waals surface area contributed by atoms with Crippen LogP contribution in [0.4, 0.5) is 0 Å². The fourth-order valence-electron chi connectivity index (χ4n) is 1.78. The van der Waals surface area contributed by atoms with E-state index in [1.807, 2.05) is 30.0 Å². The van der Waals surface area contributed by atoms with Crippen LogP contribution in [0.3, 0.4) is 0 Å². The molecule has 0 bridgehead atoms. The maximum atomic E-state index is 5.47. The molecule has 0 fully saturated rings. The van der Waals surface area contributed by atoms with Gasteiger partial charge in [0.25, 0.3) is 0 Å². The van der Waals surface area contributed by atoms with E-state index in [9.17, 15) is 0 Å². The molecule has 0 aliphatic carbocycles. The number of furan rings is 1. The molecule has 0 amide bonds. The zero-order chi connectivity index (χ0) is 14.3. The Hall–Kier alpha value is -1.40. The molecule has 0 unspecified atom stereocenters. The quantitative estimate of drug-likeness (QED) is 0.461. The Kier molecular flexibility index (Phi) is 5.23. The molecule has 21 heavy (non-hydrogen) atoms. The summed E-state index contributed by atoms with van der Waals surface area (Å²) in [5, 5.41) is 0. The molecule has 0 aliphatic heterocycles. The van der Waals surface area contributed by atoms with Gasteiger partial charge in [-0.25, -0.2) is 0 Å². The van der Waals surface area contributed by atoms with Gasteiger partial charge in [0.1, 0.15) is 0 Å². The zero-order valence-electron chi connectivity index (χ0n) is 11.3. The summed E-state index contributed by atoms with van der Waals surface area (Å²) in [5.41, 5.74) is 0. The number of thioether (sulfide) groups is 1. The predicted octanol–water partition coefficient (Wildman–Crippen LogP) is 4.40. The fourth-order valence-corrected chi connectivity index (χ4v) is 6.35. The molecule has 1 aromatic heterocycles. The fraction of sp³-hybridized carbons (Fsp3) is 0. The van der Waals surface area contributed by atoms with Gasteiger partial charge in [-0.3, -0.25) is 0 Å². The van der Waals surface area contributed by atoms with E-state index in [4.69, 9.17) is 4.42 Å². The average Bonchev–Trinajstić information content (AvgIpc) is 3.02. The van der Waals surface area contributed by atoms with Crippen LogP contribution in [0.1, 0.15) is 5.76 Å². The molecule has 104 valence electrons. The van der Waals surface area contributed by atoms with Gasteiger partial charge < -0.3 is 0 Å². The monoisotopic (exact) mass is 408 g/mol. The second-order valence-corrected chi connectivity index (χ2v) is 9.41. The van der Waals surface area contributed by atoms with E-state index in [0.717, 1.165) is 5.76 Å². The molecule has 0 radical (unpaired) electrons. The van der Waals surface area contributed by atoms with Gasteiger partial charge in [-0.15, -0.1) is 0 Å². The molecule has 3 rings (SSSR count). The Balaban J connectivity index is 1.84. The van der Waals surface area contributed by atoms with Crippen LogP contribution in [-0.4, -0.2) is 20.9 Å². The molecule has 1 nitrogen and oxygen atoms in total. The molecule has 3 heteroatoms. The first kappa shape index (κ1) is 14.5. The van der Waals surface area contributed by atoms with Crippen LogP contribution >= 0.6 is 11.8 Å². The van der Waals surface area contributed by atoms with Crippen LogP contribution in [0.25, 0.3) is 6.08 Å². The number of benzene rings is 2. The zero-order valence-corrected chi connectivity index (χ0v) is 14.5. The molecular formula is C18H14OSTe. The molecule has 2 aromatic carbocycles. The molecule has 0 N–H and O–H groups in total. The van der Waals surface area contributed by atoms with E-state index in [1.165, 1.54) is 11.5 Å². The molecule has 0 spiro atoms. The van der Waals surface area contributed by atoms with Crippen LogP contribution < -0.4 is 3.61 Å². The minimum atomic E-state index is -0.410. The molecule has 0 aliphatic rings. The van der Waals surface area contributed by atoms with E-state index in [2.05, 4.69) is 60.7 Å². The molecule has 1 heterocycles. The van der Waals surface area contributed by atoms with Gasteiger partial charge in [0.05, 0.1) is 0 Å². The number of rotatable bonds is 5. The van der Waals surface area contributed by atoms with Crippen molar-refractivity contribution in [1.82, 2.24) is 0 Å². The second-order valence-electron chi connectivity index (χ2n) is 4.31. The van der Waals surface area contributed by atoms with Crippen molar-refractivity contribution < 1.29 is 4.42 Å². The molecule has 0 atom stereocenters. The maximum absolute atomic E-state index is 5.47. The first-order valence-corrected chi connectivity index (χ1v) is 9.76. The molecule has 0 saturated heterocycles. The van der Waals surface area contributed by atoms with Crippen molar-refractivity contribution in [3.8, 4) is 0 Å². The summed E-state index contributed by atoms with van der Waals surface area (Å²) in [5.74, 6) is 0.925. The second kappa shape index (κ2) is 7.56. The molecule has 3 aromatic rings. The predicted molar refractivity (Wildman–Crippen MR) is 90.8 cm³/mol. The van der Waals surface area contributed by atoms with Crippen molar-refractivity contribution in [2.75, 3.05) is 0 Å². The van der Waals surface area contributed by atoms with Crippen molar-refractivity contribution in [2.45, 2.75) is 4.90 Å². The summed E-state index contributed by atoms with van der Waals surface area (Å²) < 4.78 is 8.30. The van der Waals surface area contributed by atoms with E-state index in [0.29, 0.717) is 0 Å². The van der Waals surface area contributed by atoms with Crippen molar-refractivity contribution in [3.63, 3.8) is 0 Å². The third-order valence-corrected chi connectivity index (χ3v) is 7.19. The molecular weight excluding hydrogens is 392 g/mol. The SMILES string of the molecule is C(=C(/Sc1ccccc1)[Te]c1ccccc1)/c1ccco1. The summed E-state index contributed by atoms with van der Waals surface area (Å²) in [4.78, 5) is 1.27. The average molecular weight is 406 g/mol. The summed E-state index contributed by atoms with van der Waals surface area (Å²) in [7, 11) is 0. The third kappa shape index (κ3) is 4.54. The Labute approximate surface area is 139 Å². The summed E-state index contributed by atoms with van der Waals surface area (Å²) >= 11 is 1.43. The minimum absolute atomic E-state index is 0.410. The standard InChI is InChI=1S/C18H14OSTe/c1-3-9-16(10-4-1)20-18(14-15-8-7-13-19-15)21-17-11-5-2-6-12-17/h1-14H/b18-14+. The Morgan fingerprint density at radius 2 is 1.57 bits per heavy atom. The van der Waals surface area contributed by atoms with Crippen molar-refractivity contribution >= 4 is 42.4 Å². The van der Waals surface area contributed by atoms with Gasteiger partial charge in [-0.05, 0) is 0 Å². The summed E-state index contributed by atoms with van der Waals surface area (Å²) in [6.07, 6.45) is 3.90. The van der Waals surface area contributed by atoms with Gasteiger partial charge in [0.2, 0.25) is 0 Å². The van der Waals surface area contributed by atoms with Crippen LogP contribution in [0.5, 0.6) is 0 Å². The molecule has 0 saturated carbocycles. The summed E-state index contributed by atoms with van der Waals surface area (Å²) in [6.45, 7) is 0. The first-order chi connectivity index (χ1) is 10.4. The van der Waals surface area contributed by atoms with Crippen molar-refractivity contribution in [3.05, 3.63) is 87.8 Å². The Morgan fingerprint density at radius 3 is 2.24 bits per heavy atom. The van der Waals surface area contributed by atoms with Gasteiger partial charge in [0, 0.05) is 0 Å². The number of hydrogen-bond donors (Lipinski definition) is 0. The van der Waals surface area contributed by atoms with Crippen molar-refractivity contribution in [2.24, 2.45) is 0 Å². The third-order valence-electron chi connectivity index (χ3n) is 2.73. The van der Waals surface area contributed by atoms with E-state index < -0.39 is 20.9 Å². The Morgan fingerprint density at radius 1 is 0.857 bits per heavy atom. The van der Waals surface area contributed by atoms with Crippen LogP contribution in [0, 0.1) is 0 Å². The van der Waals surface area contributed by atoms with E-state index in [-0.39, 0.29) is 0 Å². The normalized spacial score (nSPS) is 11.5. The van der Waals surface area contributed by atoms with Crippen LogP contribution in [0.2, 0.25) is 0 Å². The summed E-state index contributed by atoms with van der Waals surface area (Å²) in [6, 6.07) is 25.2. The van der Waals surface area contributed by atoms with Gasteiger partial charge in [-0.1, -0.05) is 0 Å². The van der Waals surface area contributed by atoms with Gasteiger partial charge >= 0.3 is 139 Å². The Bertz CT molecular complexity index is 647. The van der Waals surface area contributed by atoms with Gasteiger partial charge in [-0.2, -0.15) is 0 Å². The van der Waals surface area contributed by atoms with Gasteiger partial charge in [0.15, 0.2) is 0 Å². The van der Waals surface area contributed by atoms with Crippen LogP contribution in [-0.2, 0) is 0 Å². The van der Waals surface area contributed by atoms with E-state index >= 15 is 0 Å². The van der Waals surface area contributed by atoms with Crippen molar-refractivity contribution in [1.29, 1.82) is 0 Å². The van der Waals surface area contributed by atoms with E-state index in [1.54, 1.807) is 6.26 Å². The number of hydrogen-bond acceptors (Lipinski definition) is 2. The van der Waals surface area contributed by atoms with Crippen LogP contribution in [0.15, 0.2) is 91.3 Å². The topological polar surface area (TPSA) is 13.1 Å².